The van der Waals surface area contributed by atoms with Gasteiger partial charge in [0.1, 0.15) is 18.2 Å². The third-order valence-electron chi connectivity index (χ3n) is 2.86. The number of hydrogen-bond acceptors (Lipinski definition) is 6. The van der Waals surface area contributed by atoms with E-state index in [4.69, 9.17) is 21.2 Å². The van der Waals surface area contributed by atoms with Crippen LogP contribution in [0.5, 0.6) is 11.5 Å². The van der Waals surface area contributed by atoms with Gasteiger partial charge < -0.3 is 9.47 Å². The first-order valence-electron chi connectivity index (χ1n) is 6.52. The zero-order chi connectivity index (χ0) is 17.2. The summed E-state index contributed by atoms with van der Waals surface area (Å²) in [5.41, 5.74) is 3.07. The van der Waals surface area contributed by atoms with Crippen molar-refractivity contribution in [1.82, 2.24) is 15.4 Å². The smallest absolute Gasteiger partial charge is 0.436 e. The third kappa shape index (κ3) is 4.06. The largest absolute Gasteiger partial charge is 0.573 e. The van der Waals surface area contributed by atoms with Gasteiger partial charge in [0.25, 0.3) is 0 Å². The standard InChI is InChI=1S/C14H9ClF3N3O3/c15-10-3-8(1-2-11(10)23-14(16,17)18)12-4-13(21-24-12)22-9-5-19-7-20-6-9/h1-7,12,21H. The Morgan fingerprint density at radius 3 is 2.62 bits per heavy atom. The van der Waals surface area contributed by atoms with Gasteiger partial charge in [-0.25, -0.2) is 15.4 Å². The maximum absolute atomic E-state index is 12.2. The summed E-state index contributed by atoms with van der Waals surface area (Å²) in [6, 6.07) is 3.84. The number of nitrogens with zero attached hydrogens (tertiary/aromatic N) is 2. The van der Waals surface area contributed by atoms with Gasteiger partial charge >= 0.3 is 6.36 Å². The highest BCUT2D eigenvalue weighted by atomic mass is 35.5. The lowest BCUT2D eigenvalue weighted by Gasteiger charge is -2.12. The van der Waals surface area contributed by atoms with Gasteiger partial charge in [0.15, 0.2) is 5.75 Å². The van der Waals surface area contributed by atoms with Gasteiger partial charge in [-0.1, -0.05) is 17.7 Å². The lowest BCUT2D eigenvalue weighted by Crippen LogP contribution is -2.17. The Morgan fingerprint density at radius 2 is 1.96 bits per heavy atom. The van der Waals surface area contributed by atoms with E-state index in [2.05, 4.69) is 20.2 Å². The van der Waals surface area contributed by atoms with E-state index in [9.17, 15) is 13.2 Å². The average Bonchev–Trinajstić information content (AvgIpc) is 2.97. The number of hydroxylamine groups is 1. The fourth-order valence-electron chi connectivity index (χ4n) is 1.91. The van der Waals surface area contributed by atoms with Crippen LogP contribution in [-0.4, -0.2) is 16.3 Å². The SMILES string of the molecule is FC(F)(F)Oc1ccc(C2C=C(Oc3cncnc3)NO2)cc1Cl. The van der Waals surface area contributed by atoms with Crippen molar-refractivity contribution in [2.24, 2.45) is 0 Å². The van der Waals surface area contributed by atoms with Gasteiger partial charge in [-0.15, -0.1) is 13.2 Å². The molecule has 2 heterocycles. The number of alkyl halides is 3. The first kappa shape index (κ1) is 16.3. The monoisotopic (exact) mass is 359 g/mol. The van der Waals surface area contributed by atoms with Crippen molar-refractivity contribution in [2.45, 2.75) is 12.5 Å². The molecule has 10 heteroatoms. The molecule has 0 spiro atoms. The molecule has 6 nitrogen and oxygen atoms in total. The normalized spacial score (nSPS) is 17.2. The maximum atomic E-state index is 12.2. The van der Waals surface area contributed by atoms with Gasteiger partial charge in [0, 0.05) is 6.08 Å². The zero-order valence-electron chi connectivity index (χ0n) is 11.7. The highest BCUT2D eigenvalue weighted by Gasteiger charge is 2.32. The Kier molecular flexibility index (Phi) is 4.45. The number of hydrogen-bond donors (Lipinski definition) is 1. The second-order valence-corrected chi connectivity index (χ2v) is 4.99. The molecule has 0 bridgehead atoms. The van der Waals surface area contributed by atoms with E-state index >= 15 is 0 Å². The molecule has 0 saturated carbocycles. The summed E-state index contributed by atoms with van der Waals surface area (Å²) in [7, 11) is 0. The predicted octanol–water partition coefficient (Wildman–Crippen LogP) is 3.52. The van der Waals surface area contributed by atoms with E-state index in [1.54, 1.807) is 6.08 Å². The fourth-order valence-corrected chi connectivity index (χ4v) is 2.14. The molecule has 1 aliphatic rings. The van der Waals surface area contributed by atoms with Crippen LogP contribution in [-0.2, 0) is 4.84 Å². The third-order valence-corrected chi connectivity index (χ3v) is 3.16. The molecule has 0 saturated heterocycles. The summed E-state index contributed by atoms with van der Waals surface area (Å²) in [4.78, 5) is 12.9. The topological polar surface area (TPSA) is 65.5 Å². The van der Waals surface area contributed by atoms with Crippen LogP contribution >= 0.6 is 11.6 Å². The van der Waals surface area contributed by atoms with Gasteiger partial charge in [0.2, 0.25) is 5.88 Å². The molecule has 2 aromatic rings. The Labute approximate surface area is 138 Å². The van der Waals surface area contributed by atoms with E-state index < -0.39 is 18.2 Å². The summed E-state index contributed by atoms with van der Waals surface area (Å²) >= 11 is 5.81. The molecule has 1 unspecified atom stereocenters. The van der Waals surface area contributed by atoms with Crippen LogP contribution in [0.1, 0.15) is 11.7 Å². The summed E-state index contributed by atoms with van der Waals surface area (Å²) in [6.07, 6.45) is 0.460. The number of benzene rings is 1. The van der Waals surface area contributed by atoms with Crippen molar-refractivity contribution in [3.05, 3.63) is 59.5 Å². The molecule has 0 radical (unpaired) electrons. The van der Waals surface area contributed by atoms with Gasteiger partial charge in [-0.2, -0.15) is 0 Å². The average molecular weight is 360 g/mol. The van der Waals surface area contributed by atoms with E-state index in [-0.39, 0.29) is 5.02 Å². The highest BCUT2D eigenvalue weighted by Crippen LogP contribution is 2.34. The summed E-state index contributed by atoms with van der Waals surface area (Å²) < 4.78 is 45.9. The van der Waals surface area contributed by atoms with Crippen molar-refractivity contribution in [3.8, 4) is 11.5 Å². The van der Waals surface area contributed by atoms with Crippen LogP contribution < -0.4 is 15.0 Å². The molecule has 1 N–H and O–H groups in total. The molecule has 126 valence electrons. The van der Waals surface area contributed by atoms with Crippen molar-refractivity contribution in [2.75, 3.05) is 0 Å². The molecule has 1 aromatic heterocycles. The first-order valence-corrected chi connectivity index (χ1v) is 6.90. The second-order valence-electron chi connectivity index (χ2n) is 4.59. The number of aromatic nitrogens is 2. The Morgan fingerprint density at radius 1 is 1.21 bits per heavy atom. The van der Waals surface area contributed by atoms with E-state index in [0.29, 0.717) is 17.2 Å². The lowest BCUT2D eigenvalue weighted by atomic mass is 10.1. The van der Waals surface area contributed by atoms with Crippen molar-refractivity contribution in [1.29, 1.82) is 0 Å². The number of ether oxygens (including phenoxy) is 2. The minimum Gasteiger partial charge on any atom is -0.436 e. The van der Waals surface area contributed by atoms with Crippen molar-refractivity contribution in [3.63, 3.8) is 0 Å². The second kappa shape index (κ2) is 6.54. The van der Waals surface area contributed by atoms with Crippen LogP contribution in [0.2, 0.25) is 5.02 Å². The molecule has 0 amide bonds. The summed E-state index contributed by atoms with van der Waals surface area (Å²) in [6.45, 7) is 0. The van der Waals surface area contributed by atoms with Crippen LogP contribution in [0.4, 0.5) is 13.2 Å². The Hall–Kier alpha value is -2.52. The highest BCUT2D eigenvalue weighted by molar-refractivity contribution is 6.32. The zero-order valence-corrected chi connectivity index (χ0v) is 12.5. The minimum absolute atomic E-state index is 0.187. The minimum atomic E-state index is -4.81. The summed E-state index contributed by atoms with van der Waals surface area (Å²) in [5.74, 6) is 0.203. The van der Waals surface area contributed by atoms with Crippen molar-refractivity contribution >= 4 is 11.6 Å². The molecule has 0 fully saturated rings. The van der Waals surface area contributed by atoms with Gasteiger partial charge in [0.05, 0.1) is 17.4 Å². The van der Waals surface area contributed by atoms with Crippen LogP contribution in [0.25, 0.3) is 0 Å². The predicted molar refractivity (Wildman–Crippen MR) is 75.8 cm³/mol. The Balaban J connectivity index is 1.72. The van der Waals surface area contributed by atoms with Crippen molar-refractivity contribution < 1.29 is 27.5 Å². The lowest BCUT2D eigenvalue weighted by molar-refractivity contribution is -0.274. The van der Waals surface area contributed by atoms with E-state index in [0.717, 1.165) is 6.07 Å². The van der Waals surface area contributed by atoms with Crippen LogP contribution in [0, 0.1) is 0 Å². The molecule has 1 atom stereocenters. The molecular formula is C14H9ClF3N3O3. The van der Waals surface area contributed by atoms with Gasteiger partial charge in [-0.3, -0.25) is 4.84 Å². The molecule has 1 aromatic carbocycles. The van der Waals surface area contributed by atoms with Gasteiger partial charge in [-0.05, 0) is 17.7 Å². The Bertz CT molecular complexity index is 756. The number of nitrogens with one attached hydrogen (secondary N) is 1. The fraction of sp³-hybridized carbons (Fsp3) is 0.143. The number of rotatable bonds is 4. The van der Waals surface area contributed by atoms with Crippen LogP contribution in [0.15, 0.2) is 48.9 Å². The first-order chi connectivity index (χ1) is 11.4. The molecule has 3 rings (SSSR count). The molecule has 1 aliphatic heterocycles. The quantitative estimate of drug-likeness (QED) is 0.901. The maximum Gasteiger partial charge on any atom is 0.573 e. The molecule has 24 heavy (non-hydrogen) atoms. The van der Waals surface area contributed by atoms with Crippen LogP contribution in [0.3, 0.4) is 0 Å². The summed E-state index contributed by atoms with van der Waals surface area (Å²) in [5, 5.41) is -0.187. The number of halogens is 4. The van der Waals surface area contributed by atoms with E-state index in [1.807, 2.05) is 0 Å². The van der Waals surface area contributed by atoms with E-state index in [1.165, 1.54) is 30.9 Å². The molecular weight excluding hydrogens is 351 g/mol. The molecule has 0 aliphatic carbocycles.